The Morgan fingerprint density at radius 2 is 1.86 bits per heavy atom. The van der Waals surface area contributed by atoms with Crippen LogP contribution in [0.1, 0.15) is 34.7 Å². The van der Waals surface area contributed by atoms with E-state index >= 15 is 0 Å². The largest absolute Gasteiger partial charge is 0.444 e. The second kappa shape index (κ2) is 8.60. The maximum absolute atomic E-state index is 13.3. The lowest BCUT2D eigenvalue weighted by atomic mass is 9.91. The number of carbonyl (C=O) groups excluding carboxylic acids is 1. The summed E-state index contributed by atoms with van der Waals surface area (Å²) < 4.78 is 6.63. The first-order chi connectivity index (χ1) is 14.0. The van der Waals surface area contributed by atoms with Crippen molar-refractivity contribution in [2.75, 3.05) is 4.90 Å². The maximum Gasteiger partial charge on any atom is 0.415 e. The number of aryl methyl sites for hydroxylation is 2. The lowest BCUT2D eigenvalue weighted by Crippen LogP contribution is -2.39. The van der Waals surface area contributed by atoms with Crippen molar-refractivity contribution in [2.45, 2.75) is 32.4 Å². The Bertz CT molecular complexity index is 1020. The molecule has 1 amide bonds. The van der Waals surface area contributed by atoms with Gasteiger partial charge in [-0.05, 0) is 76.1 Å². The second-order valence-corrected chi connectivity index (χ2v) is 8.56. The number of hydrogen-bond acceptors (Lipinski definition) is 2. The van der Waals surface area contributed by atoms with Gasteiger partial charge in [-0.2, -0.15) is 0 Å². The first kappa shape index (κ1) is 20.0. The zero-order chi connectivity index (χ0) is 20.4. The number of carbonyl (C=O) groups is 1. The molecule has 1 aliphatic heterocycles. The molecular formula is C24H21BrClNO2. The number of fused-ring (bicyclic) bond motifs is 1. The van der Waals surface area contributed by atoms with Crippen LogP contribution in [0.3, 0.4) is 0 Å². The van der Waals surface area contributed by atoms with Crippen LogP contribution in [0.25, 0.3) is 0 Å². The lowest BCUT2D eigenvalue weighted by Gasteiger charge is -2.37. The summed E-state index contributed by atoms with van der Waals surface area (Å²) in [6.45, 7) is 2.30. The third-order valence-corrected chi connectivity index (χ3v) is 6.04. The van der Waals surface area contributed by atoms with Crippen molar-refractivity contribution >= 4 is 39.3 Å². The van der Waals surface area contributed by atoms with Gasteiger partial charge >= 0.3 is 6.09 Å². The van der Waals surface area contributed by atoms with Crippen molar-refractivity contribution < 1.29 is 9.53 Å². The molecule has 0 aromatic heterocycles. The number of hydrogen-bond donors (Lipinski definition) is 0. The maximum atomic E-state index is 13.3. The molecule has 1 unspecified atom stereocenters. The summed E-state index contributed by atoms with van der Waals surface area (Å²) in [7, 11) is 0. The summed E-state index contributed by atoms with van der Waals surface area (Å²) in [4.78, 5) is 15.1. The number of amides is 1. The number of rotatable bonds is 3. The van der Waals surface area contributed by atoms with Crippen LogP contribution >= 0.6 is 27.5 Å². The molecule has 4 rings (SSSR count). The summed E-state index contributed by atoms with van der Waals surface area (Å²) in [5.41, 5.74) is 5.21. The summed E-state index contributed by atoms with van der Waals surface area (Å²) in [6.07, 6.45) is 1.37. The van der Waals surface area contributed by atoms with Crippen LogP contribution in [-0.2, 0) is 17.8 Å². The third-order valence-electron chi connectivity index (χ3n) is 5.18. The van der Waals surface area contributed by atoms with Crippen LogP contribution in [0.5, 0.6) is 0 Å². The highest BCUT2D eigenvalue weighted by Gasteiger charge is 2.35. The average Bonchev–Trinajstić information content (AvgIpc) is 2.72. The summed E-state index contributed by atoms with van der Waals surface area (Å²) >= 11 is 9.76. The van der Waals surface area contributed by atoms with Crippen LogP contribution in [0, 0.1) is 6.92 Å². The molecule has 148 valence electrons. The minimum atomic E-state index is -0.348. The zero-order valence-electron chi connectivity index (χ0n) is 16.1. The molecule has 0 aliphatic carbocycles. The van der Waals surface area contributed by atoms with Gasteiger partial charge in [-0.15, -0.1) is 0 Å². The summed E-state index contributed by atoms with van der Waals surface area (Å²) in [5, 5.41) is 0.681. The van der Waals surface area contributed by atoms with Gasteiger partial charge in [0, 0.05) is 9.50 Å². The van der Waals surface area contributed by atoms with Gasteiger partial charge < -0.3 is 4.74 Å². The van der Waals surface area contributed by atoms with Crippen molar-refractivity contribution in [3.8, 4) is 0 Å². The van der Waals surface area contributed by atoms with Crippen molar-refractivity contribution in [3.05, 3.63) is 98.5 Å². The number of halogens is 2. The number of anilines is 1. The molecule has 0 bridgehead atoms. The molecule has 0 N–H and O–H groups in total. The Morgan fingerprint density at radius 3 is 2.59 bits per heavy atom. The lowest BCUT2D eigenvalue weighted by molar-refractivity contribution is 0.143. The minimum absolute atomic E-state index is 0.109. The van der Waals surface area contributed by atoms with Gasteiger partial charge in [0.15, 0.2) is 0 Å². The Kier molecular flexibility index (Phi) is 5.93. The highest BCUT2D eigenvalue weighted by atomic mass is 79.9. The standard InChI is InChI=1S/C24H21BrClNO2/c1-16-13-19-9-12-22(18-7-10-20(26)11-8-18)27(23(19)21(25)14-16)24(28)29-15-17-5-3-2-4-6-17/h2-8,10-11,13-14,22H,9,12,15H2,1H3. The van der Waals surface area contributed by atoms with Gasteiger partial charge in [-0.1, -0.05) is 60.1 Å². The number of benzene rings is 3. The van der Waals surface area contributed by atoms with E-state index in [2.05, 4.69) is 28.9 Å². The Labute approximate surface area is 184 Å². The summed E-state index contributed by atoms with van der Waals surface area (Å²) in [6, 6.07) is 21.5. The van der Waals surface area contributed by atoms with Crippen molar-refractivity contribution in [3.63, 3.8) is 0 Å². The second-order valence-electron chi connectivity index (χ2n) is 7.27. The third kappa shape index (κ3) is 4.34. The molecule has 1 atom stereocenters. The molecule has 3 nitrogen and oxygen atoms in total. The molecule has 0 fully saturated rings. The van der Waals surface area contributed by atoms with Gasteiger partial charge in [0.25, 0.3) is 0 Å². The number of nitrogens with zero attached hydrogens (tertiary/aromatic N) is 1. The SMILES string of the molecule is Cc1cc(Br)c2c(c1)CCC(c1ccc(Cl)cc1)N2C(=O)OCc1ccccc1. The normalized spacial score (nSPS) is 15.7. The predicted molar refractivity (Wildman–Crippen MR) is 120 cm³/mol. The fourth-order valence-electron chi connectivity index (χ4n) is 3.85. The van der Waals surface area contributed by atoms with E-state index in [0.717, 1.165) is 45.3 Å². The van der Waals surface area contributed by atoms with Gasteiger partial charge in [0.2, 0.25) is 0 Å². The molecule has 0 saturated heterocycles. The van der Waals surface area contributed by atoms with Gasteiger partial charge in [-0.25, -0.2) is 4.79 Å². The van der Waals surface area contributed by atoms with E-state index in [1.54, 1.807) is 4.90 Å². The average molecular weight is 471 g/mol. The Balaban J connectivity index is 1.70. The van der Waals surface area contributed by atoms with E-state index in [1.807, 2.05) is 60.7 Å². The fourth-order valence-corrected chi connectivity index (χ4v) is 4.78. The predicted octanol–water partition coefficient (Wildman–Crippen LogP) is 7.24. The number of ether oxygens (including phenoxy) is 1. The quantitative estimate of drug-likeness (QED) is 0.404. The molecule has 3 aromatic rings. The highest BCUT2D eigenvalue weighted by Crippen LogP contribution is 2.43. The summed E-state index contributed by atoms with van der Waals surface area (Å²) in [5.74, 6) is 0. The molecule has 1 aliphatic rings. The monoisotopic (exact) mass is 469 g/mol. The molecule has 0 radical (unpaired) electrons. The van der Waals surface area contributed by atoms with Crippen LogP contribution in [0.15, 0.2) is 71.2 Å². The molecular weight excluding hydrogens is 450 g/mol. The molecule has 29 heavy (non-hydrogen) atoms. The minimum Gasteiger partial charge on any atom is -0.444 e. The van der Waals surface area contributed by atoms with E-state index in [1.165, 1.54) is 0 Å². The van der Waals surface area contributed by atoms with Crippen LogP contribution < -0.4 is 4.90 Å². The van der Waals surface area contributed by atoms with E-state index in [-0.39, 0.29) is 18.7 Å². The zero-order valence-corrected chi connectivity index (χ0v) is 18.4. The van der Waals surface area contributed by atoms with E-state index in [4.69, 9.17) is 16.3 Å². The Hall–Kier alpha value is -2.30. The van der Waals surface area contributed by atoms with Crippen LogP contribution in [-0.4, -0.2) is 6.09 Å². The molecule has 0 spiro atoms. The fraction of sp³-hybridized carbons (Fsp3) is 0.208. The molecule has 1 heterocycles. The van der Waals surface area contributed by atoms with Crippen LogP contribution in [0.2, 0.25) is 5.02 Å². The van der Waals surface area contributed by atoms with Gasteiger partial charge in [0.05, 0.1) is 11.7 Å². The van der Waals surface area contributed by atoms with E-state index in [9.17, 15) is 4.79 Å². The van der Waals surface area contributed by atoms with Crippen molar-refractivity contribution in [1.82, 2.24) is 0 Å². The van der Waals surface area contributed by atoms with E-state index in [0.29, 0.717) is 5.02 Å². The van der Waals surface area contributed by atoms with Gasteiger partial charge in [0.1, 0.15) is 6.61 Å². The highest BCUT2D eigenvalue weighted by molar-refractivity contribution is 9.10. The van der Waals surface area contributed by atoms with E-state index < -0.39 is 0 Å². The first-order valence-electron chi connectivity index (χ1n) is 9.57. The molecule has 5 heteroatoms. The molecule has 0 saturated carbocycles. The van der Waals surface area contributed by atoms with Crippen LogP contribution in [0.4, 0.5) is 10.5 Å². The van der Waals surface area contributed by atoms with Gasteiger partial charge in [-0.3, -0.25) is 4.90 Å². The van der Waals surface area contributed by atoms with Crippen molar-refractivity contribution in [2.24, 2.45) is 0 Å². The van der Waals surface area contributed by atoms with Crippen molar-refractivity contribution in [1.29, 1.82) is 0 Å². The molecule has 3 aromatic carbocycles. The topological polar surface area (TPSA) is 29.5 Å². The smallest absolute Gasteiger partial charge is 0.415 e. The Morgan fingerprint density at radius 1 is 1.14 bits per heavy atom. The first-order valence-corrected chi connectivity index (χ1v) is 10.7.